The zero-order chi connectivity index (χ0) is 35.7. The first-order chi connectivity index (χ1) is 23.2. The van der Waals surface area contributed by atoms with Crippen LogP contribution in [0.25, 0.3) is 22.3 Å². The minimum Gasteiger partial charge on any atom is -0.481 e. The van der Waals surface area contributed by atoms with Crippen molar-refractivity contribution in [1.29, 1.82) is 0 Å². The van der Waals surface area contributed by atoms with Crippen LogP contribution < -0.4 is 10.5 Å². The molecule has 1 aliphatic heterocycles. The highest BCUT2D eigenvalue weighted by atomic mass is 32.2. The number of rotatable bonds is 7. The topological polar surface area (TPSA) is 197 Å². The maximum atomic E-state index is 12.2. The number of fused-ring (bicyclic) bond motifs is 1. The van der Waals surface area contributed by atoms with Gasteiger partial charge in [-0.15, -0.1) is 0 Å². The quantitative estimate of drug-likeness (QED) is 0.220. The van der Waals surface area contributed by atoms with E-state index >= 15 is 0 Å². The molecule has 0 amide bonds. The number of aromatic nitrogens is 4. The molecule has 1 atom stereocenters. The van der Waals surface area contributed by atoms with Crippen LogP contribution in [0.2, 0.25) is 0 Å². The highest BCUT2D eigenvalue weighted by molar-refractivity contribution is 7.88. The zero-order valence-electron chi connectivity index (χ0n) is 28.4. The third-order valence-corrected chi connectivity index (χ3v) is 9.23. The summed E-state index contributed by atoms with van der Waals surface area (Å²) < 4.78 is 29.2. The number of nitrogens with two attached hydrogens (primary N) is 1. The lowest BCUT2D eigenvalue weighted by Gasteiger charge is -2.41. The van der Waals surface area contributed by atoms with E-state index in [4.69, 9.17) is 30.6 Å². The molecule has 49 heavy (non-hydrogen) atoms. The van der Waals surface area contributed by atoms with Gasteiger partial charge in [0.15, 0.2) is 5.65 Å². The van der Waals surface area contributed by atoms with Gasteiger partial charge in [-0.25, -0.2) is 27.8 Å². The Hall–Kier alpha value is -4.44. The summed E-state index contributed by atoms with van der Waals surface area (Å²) in [5, 5.41) is 20.7. The first-order valence-corrected chi connectivity index (χ1v) is 18.1. The number of aliphatic carboxylic acids is 2. The molecule has 2 fully saturated rings. The second-order valence-electron chi connectivity index (χ2n) is 12.4. The molecule has 1 saturated heterocycles. The van der Waals surface area contributed by atoms with Crippen LogP contribution in [0.3, 0.4) is 0 Å². The lowest BCUT2D eigenvalue weighted by atomic mass is 9.90. The summed E-state index contributed by atoms with van der Waals surface area (Å²) in [5.41, 5.74) is 10.5. The van der Waals surface area contributed by atoms with Crippen molar-refractivity contribution in [1.82, 2.24) is 34.3 Å². The van der Waals surface area contributed by atoms with E-state index in [0.29, 0.717) is 11.9 Å². The molecule has 1 aliphatic carbocycles. The molecule has 2 aromatic carbocycles. The highest BCUT2D eigenvalue weighted by Gasteiger charge is 2.31. The number of likely N-dealkylation sites (N-methyl/N-ethyl adjacent to an activating group) is 1. The SMILES string of the molecule is CC(=O)O.CC(=O)O.CN1CCN(C2CCC(n3nc(-c4ccc(C(NS(C)(=O)=O)c5ccccc5)cc4)c4c(N)ncnc43)CC2)CC1. The smallest absolute Gasteiger partial charge is 0.300 e. The first kappa shape index (κ1) is 37.4. The van der Waals surface area contributed by atoms with Crippen LogP contribution in [0, 0.1) is 0 Å². The normalized spacial score (nSPS) is 19.2. The molecule has 0 spiro atoms. The van der Waals surface area contributed by atoms with E-state index in [1.54, 1.807) is 0 Å². The van der Waals surface area contributed by atoms with Gasteiger partial charge in [0.05, 0.1) is 23.7 Å². The Morgan fingerprint density at radius 3 is 1.94 bits per heavy atom. The zero-order valence-corrected chi connectivity index (χ0v) is 29.2. The molecule has 2 aliphatic rings. The van der Waals surface area contributed by atoms with Gasteiger partial charge in [-0.1, -0.05) is 54.6 Å². The second-order valence-corrected chi connectivity index (χ2v) is 14.2. The van der Waals surface area contributed by atoms with Crippen molar-refractivity contribution < 1.29 is 28.2 Å². The Balaban J connectivity index is 0.000000612. The van der Waals surface area contributed by atoms with Crippen molar-refractivity contribution >= 4 is 38.8 Å². The molecule has 1 unspecified atom stereocenters. The summed E-state index contributed by atoms with van der Waals surface area (Å²) in [6, 6.07) is 17.8. The molecule has 15 heteroatoms. The summed E-state index contributed by atoms with van der Waals surface area (Å²) in [6.07, 6.45) is 7.08. The van der Waals surface area contributed by atoms with Crippen molar-refractivity contribution in [3.05, 3.63) is 72.1 Å². The summed E-state index contributed by atoms with van der Waals surface area (Å²) in [5.74, 6) is -1.26. The van der Waals surface area contributed by atoms with E-state index in [1.807, 2.05) is 54.6 Å². The Morgan fingerprint density at radius 1 is 0.857 bits per heavy atom. The largest absolute Gasteiger partial charge is 0.481 e. The van der Waals surface area contributed by atoms with Gasteiger partial charge in [0, 0.05) is 51.6 Å². The predicted molar refractivity (Wildman–Crippen MR) is 188 cm³/mol. The van der Waals surface area contributed by atoms with Crippen LogP contribution in [0.5, 0.6) is 0 Å². The number of hydrogen-bond acceptors (Lipinski definition) is 10. The van der Waals surface area contributed by atoms with E-state index in [1.165, 1.54) is 12.6 Å². The molecule has 14 nitrogen and oxygen atoms in total. The number of carbonyl (C=O) groups is 2. The second kappa shape index (κ2) is 16.8. The number of nitrogens with one attached hydrogen (secondary N) is 1. The number of carboxylic acids is 2. The summed E-state index contributed by atoms with van der Waals surface area (Å²) in [4.78, 5) is 32.0. The van der Waals surface area contributed by atoms with Gasteiger partial charge < -0.3 is 20.8 Å². The van der Waals surface area contributed by atoms with Gasteiger partial charge in [-0.2, -0.15) is 5.10 Å². The van der Waals surface area contributed by atoms with Crippen LogP contribution in [0.1, 0.15) is 62.7 Å². The van der Waals surface area contributed by atoms with Gasteiger partial charge in [0.2, 0.25) is 10.0 Å². The predicted octanol–water partition coefficient (Wildman–Crippen LogP) is 3.63. The fourth-order valence-corrected chi connectivity index (χ4v) is 7.03. The number of benzene rings is 2. The molecule has 1 saturated carbocycles. The molecule has 6 rings (SSSR count). The number of carboxylic acid groups (broad SMARTS) is 2. The van der Waals surface area contributed by atoms with Crippen LogP contribution in [-0.2, 0) is 19.6 Å². The molecule has 2 aromatic heterocycles. The van der Waals surface area contributed by atoms with Crippen molar-refractivity contribution in [2.24, 2.45) is 0 Å². The Bertz CT molecular complexity index is 1780. The molecule has 264 valence electrons. The molecule has 3 heterocycles. The number of anilines is 1. The van der Waals surface area contributed by atoms with E-state index in [-0.39, 0.29) is 6.04 Å². The molecular formula is C34H46N8O6S. The summed E-state index contributed by atoms with van der Waals surface area (Å²) in [7, 11) is -1.24. The fourth-order valence-electron chi connectivity index (χ4n) is 6.33. The first-order valence-electron chi connectivity index (χ1n) is 16.2. The van der Waals surface area contributed by atoms with Crippen LogP contribution in [0.15, 0.2) is 60.9 Å². The van der Waals surface area contributed by atoms with E-state index in [9.17, 15) is 8.42 Å². The molecule has 4 aromatic rings. The number of sulfonamides is 1. The monoisotopic (exact) mass is 694 g/mol. The number of piperazine rings is 1. The van der Waals surface area contributed by atoms with E-state index < -0.39 is 28.0 Å². The van der Waals surface area contributed by atoms with Gasteiger partial charge in [0.25, 0.3) is 11.9 Å². The minimum atomic E-state index is -3.44. The maximum Gasteiger partial charge on any atom is 0.300 e. The summed E-state index contributed by atoms with van der Waals surface area (Å²) >= 11 is 0. The number of hydrogen-bond donors (Lipinski definition) is 4. The van der Waals surface area contributed by atoms with Gasteiger partial charge in [-0.05, 0) is 43.9 Å². The summed E-state index contributed by atoms with van der Waals surface area (Å²) in [6.45, 7) is 6.73. The Kier molecular flexibility index (Phi) is 12.8. The molecule has 0 bridgehead atoms. The maximum absolute atomic E-state index is 12.2. The van der Waals surface area contributed by atoms with Crippen LogP contribution in [0.4, 0.5) is 5.82 Å². The number of nitrogen functional groups attached to an aromatic ring is 1. The molecular weight excluding hydrogens is 648 g/mol. The minimum absolute atomic E-state index is 0.255. The standard InChI is InChI=1S/C30H38N8O2S.2C2H4O2/c1-36-16-18-37(19-17-36)24-12-14-25(15-13-24)38-30-26(29(31)32-20-33-30)28(34-38)23-10-8-22(9-11-23)27(35-41(2,39)40)21-6-4-3-5-7-21;2*1-2(3)4/h3-11,20,24-25,27,35H,12-19H2,1-2H3,(H2,31,32,33);2*1H3,(H,3,4). The number of nitrogens with zero attached hydrogens (tertiary/aromatic N) is 6. The van der Waals surface area contributed by atoms with Crippen molar-refractivity contribution in [2.45, 2.75) is 57.7 Å². The lowest BCUT2D eigenvalue weighted by molar-refractivity contribution is -0.135. The average Bonchev–Trinajstić information content (AvgIpc) is 3.45. The van der Waals surface area contributed by atoms with Gasteiger partial charge >= 0.3 is 0 Å². The van der Waals surface area contributed by atoms with Crippen LogP contribution >= 0.6 is 0 Å². The van der Waals surface area contributed by atoms with E-state index in [0.717, 1.165) is 99.1 Å². The van der Waals surface area contributed by atoms with Gasteiger partial charge in [0.1, 0.15) is 17.8 Å². The Morgan fingerprint density at radius 2 is 1.39 bits per heavy atom. The fraction of sp³-hybridized carbons (Fsp3) is 0.441. The lowest BCUT2D eigenvalue weighted by Crippen LogP contribution is -2.49. The average molecular weight is 695 g/mol. The molecule has 0 radical (unpaired) electrons. The van der Waals surface area contributed by atoms with Crippen LogP contribution in [-0.4, -0.2) is 106 Å². The van der Waals surface area contributed by atoms with E-state index in [2.05, 4.69) is 36.2 Å². The highest BCUT2D eigenvalue weighted by Crippen LogP contribution is 2.37. The van der Waals surface area contributed by atoms with Crippen molar-refractivity contribution in [2.75, 3.05) is 45.2 Å². The van der Waals surface area contributed by atoms with Gasteiger partial charge in [-0.3, -0.25) is 14.5 Å². The molecule has 5 N–H and O–H groups in total. The van der Waals surface area contributed by atoms with Crippen molar-refractivity contribution in [3.63, 3.8) is 0 Å². The Labute approximate surface area is 287 Å². The third kappa shape index (κ3) is 10.5. The third-order valence-electron chi connectivity index (χ3n) is 8.57. The van der Waals surface area contributed by atoms with Crippen molar-refractivity contribution in [3.8, 4) is 11.3 Å².